The Kier molecular flexibility index (Phi) is 4.81. The van der Waals surface area contributed by atoms with Gasteiger partial charge in [-0.3, -0.25) is 5.10 Å². The number of H-pyrrole nitrogens is 1. The quantitative estimate of drug-likeness (QED) is 0.411. The standard InChI is InChI=1S/C24H17N5O2S/c1-32(30,31)18-8-6-17(7-9-18)27-24-14-20-16(15-26-24)12-13-25-21(20)10-11-23-19-4-2-3-5-22(19)28-29-23/h2-9,12-15H,1H3,(H,26,27)(H,28,29). The van der Waals surface area contributed by atoms with E-state index in [2.05, 4.69) is 37.3 Å². The molecule has 0 amide bonds. The van der Waals surface area contributed by atoms with Gasteiger partial charge in [-0.25, -0.2) is 18.4 Å². The number of aromatic nitrogens is 4. The van der Waals surface area contributed by atoms with Crippen LogP contribution in [-0.4, -0.2) is 34.8 Å². The molecule has 0 bridgehead atoms. The fourth-order valence-electron chi connectivity index (χ4n) is 3.34. The second-order valence-corrected chi connectivity index (χ2v) is 9.25. The Bertz CT molecular complexity index is 1630. The second kappa shape index (κ2) is 7.80. The number of fused-ring (bicyclic) bond motifs is 2. The van der Waals surface area contributed by atoms with Crippen LogP contribution in [0.4, 0.5) is 11.5 Å². The predicted octanol–water partition coefficient (Wildman–Crippen LogP) is 4.05. The molecular formula is C24H17N5O2S. The van der Waals surface area contributed by atoms with Gasteiger partial charge in [0.2, 0.25) is 0 Å². The highest BCUT2D eigenvalue weighted by molar-refractivity contribution is 7.90. The zero-order valence-corrected chi connectivity index (χ0v) is 17.8. The minimum absolute atomic E-state index is 0.266. The smallest absolute Gasteiger partial charge is 0.175 e. The Labute approximate surface area is 184 Å². The van der Waals surface area contributed by atoms with Crippen LogP contribution in [0.25, 0.3) is 21.7 Å². The summed E-state index contributed by atoms with van der Waals surface area (Å²) in [7, 11) is -3.24. The molecule has 0 spiro atoms. The number of aromatic amines is 1. The molecule has 32 heavy (non-hydrogen) atoms. The molecule has 0 fully saturated rings. The SMILES string of the molecule is CS(=O)(=O)c1ccc(Nc2cc3c(C#Cc4[nH]nc5ccccc45)nccc3cn2)cc1. The van der Waals surface area contributed by atoms with Crippen molar-refractivity contribution in [2.75, 3.05) is 11.6 Å². The third-order valence-electron chi connectivity index (χ3n) is 4.97. The third-order valence-corrected chi connectivity index (χ3v) is 6.10. The average molecular weight is 440 g/mol. The summed E-state index contributed by atoms with van der Waals surface area (Å²) in [5, 5.41) is 13.2. The Morgan fingerprint density at radius 3 is 2.56 bits per heavy atom. The minimum atomic E-state index is -3.24. The van der Waals surface area contributed by atoms with E-state index in [1.54, 1.807) is 36.7 Å². The average Bonchev–Trinajstić information content (AvgIpc) is 3.20. The summed E-state index contributed by atoms with van der Waals surface area (Å²) in [5.74, 6) is 6.88. The predicted molar refractivity (Wildman–Crippen MR) is 124 cm³/mol. The maximum atomic E-state index is 11.6. The number of hydrogen-bond acceptors (Lipinski definition) is 6. The summed E-state index contributed by atoms with van der Waals surface area (Å²) in [6.07, 6.45) is 4.64. The Morgan fingerprint density at radius 1 is 0.938 bits per heavy atom. The van der Waals surface area contributed by atoms with Crippen molar-refractivity contribution in [2.24, 2.45) is 0 Å². The zero-order valence-electron chi connectivity index (χ0n) is 17.0. The molecule has 0 aliphatic rings. The van der Waals surface area contributed by atoms with Crippen LogP contribution in [0, 0.1) is 11.8 Å². The van der Waals surface area contributed by atoms with Gasteiger partial charge in [-0.2, -0.15) is 5.10 Å². The molecule has 2 N–H and O–H groups in total. The van der Waals surface area contributed by atoms with E-state index in [0.29, 0.717) is 11.5 Å². The second-order valence-electron chi connectivity index (χ2n) is 7.24. The van der Waals surface area contributed by atoms with Gasteiger partial charge in [0, 0.05) is 40.5 Å². The number of nitrogens with one attached hydrogen (secondary N) is 2. The molecule has 0 atom stereocenters. The van der Waals surface area contributed by atoms with Crippen LogP contribution in [-0.2, 0) is 9.84 Å². The van der Waals surface area contributed by atoms with Crippen LogP contribution in [0.3, 0.4) is 0 Å². The van der Waals surface area contributed by atoms with Gasteiger partial charge in [-0.05, 0) is 60.4 Å². The molecule has 8 heteroatoms. The van der Waals surface area contributed by atoms with Crippen molar-refractivity contribution in [2.45, 2.75) is 4.90 Å². The van der Waals surface area contributed by atoms with Crippen molar-refractivity contribution >= 4 is 43.0 Å². The maximum absolute atomic E-state index is 11.6. The monoisotopic (exact) mass is 439 g/mol. The number of anilines is 2. The van der Waals surface area contributed by atoms with Crippen LogP contribution < -0.4 is 5.32 Å². The Hall–Kier alpha value is -4.22. The van der Waals surface area contributed by atoms with Crippen molar-refractivity contribution in [1.82, 2.24) is 20.2 Å². The van der Waals surface area contributed by atoms with Gasteiger partial charge >= 0.3 is 0 Å². The molecule has 3 heterocycles. The number of benzene rings is 2. The van der Waals surface area contributed by atoms with Crippen LogP contribution >= 0.6 is 0 Å². The molecule has 0 aliphatic carbocycles. The van der Waals surface area contributed by atoms with Gasteiger partial charge in [-0.15, -0.1) is 0 Å². The molecule has 5 aromatic rings. The summed E-state index contributed by atoms with van der Waals surface area (Å²) in [4.78, 5) is 9.15. The lowest BCUT2D eigenvalue weighted by Gasteiger charge is -2.08. The molecule has 2 aromatic carbocycles. The fourth-order valence-corrected chi connectivity index (χ4v) is 3.97. The molecule has 5 rings (SSSR count). The fraction of sp³-hybridized carbons (Fsp3) is 0.0417. The van der Waals surface area contributed by atoms with Crippen molar-refractivity contribution in [1.29, 1.82) is 0 Å². The normalized spacial score (nSPS) is 11.3. The molecule has 3 aromatic heterocycles. The molecule has 156 valence electrons. The summed E-state index contributed by atoms with van der Waals surface area (Å²) >= 11 is 0. The number of nitrogens with zero attached hydrogens (tertiary/aromatic N) is 3. The van der Waals surface area contributed by atoms with E-state index in [9.17, 15) is 8.42 Å². The first-order valence-corrected chi connectivity index (χ1v) is 11.6. The highest BCUT2D eigenvalue weighted by Crippen LogP contribution is 2.23. The number of rotatable bonds is 3. The molecule has 0 saturated heterocycles. The van der Waals surface area contributed by atoms with E-state index >= 15 is 0 Å². The molecule has 0 aliphatic heterocycles. The van der Waals surface area contributed by atoms with E-state index < -0.39 is 9.84 Å². The number of hydrogen-bond donors (Lipinski definition) is 2. The summed E-state index contributed by atoms with van der Waals surface area (Å²) in [5.41, 5.74) is 2.95. The topological polar surface area (TPSA) is 101 Å². The minimum Gasteiger partial charge on any atom is -0.340 e. The Balaban J connectivity index is 1.49. The van der Waals surface area contributed by atoms with Gasteiger partial charge in [0.25, 0.3) is 0 Å². The largest absolute Gasteiger partial charge is 0.340 e. The first-order chi connectivity index (χ1) is 15.5. The molecular weight excluding hydrogens is 422 g/mol. The Morgan fingerprint density at radius 2 is 1.75 bits per heavy atom. The van der Waals surface area contributed by atoms with Gasteiger partial charge in [0.15, 0.2) is 9.84 Å². The van der Waals surface area contributed by atoms with Crippen LogP contribution in [0.15, 0.2) is 78.0 Å². The third kappa shape index (κ3) is 3.89. The van der Waals surface area contributed by atoms with Gasteiger partial charge in [0.05, 0.1) is 10.4 Å². The molecule has 7 nitrogen and oxygen atoms in total. The highest BCUT2D eigenvalue weighted by atomic mass is 32.2. The van der Waals surface area contributed by atoms with Crippen molar-refractivity contribution in [3.05, 3.63) is 84.4 Å². The lowest BCUT2D eigenvalue weighted by atomic mass is 10.1. The van der Waals surface area contributed by atoms with Gasteiger partial charge in [0.1, 0.15) is 17.2 Å². The van der Waals surface area contributed by atoms with Crippen molar-refractivity contribution in [3.63, 3.8) is 0 Å². The number of para-hydroxylation sites is 1. The summed E-state index contributed by atoms with van der Waals surface area (Å²) in [6, 6.07) is 18.1. The van der Waals surface area contributed by atoms with Crippen LogP contribution in [0.2, 0.25) is 0 Å². The van der Waals surface area contributed by atoms with Gasteiger partial charge < -0.3 is 5.32 Å². The van der Waals surface area contributed by atoms with Crippen LogP contribution in [0.5, 0.6) is 0 Å². The number of pyridine rings is 2. The lowest BCUT2D eigenvalue weighted by molar-refractivity contribution is 0.602. The number of sulfone groups is 1. The highest BCUT2D eigenvalue weighted by Gasteiger charge is 2.08. The van der Waals surface area contributed by atoms with E-state index in [1.807, 2.05) is 36.4 Å². The van der Waals surface area contributed by atoms with Gasteiger partial charge in [-0.1, -0.05) is 12.1 Å². The summed E-state index contributed by atoms with van der Waals surface area (Å²) < 4.78 is 23.3. The van der Waals surface area contributed by atoms with Crippen molar-refractivity contribution < 1.29 is 8.42 Å². The lowest BCUT2D eigenvalue weighted by Crippen LogP contribution is -1.98. The van der Waals surface area contributed by atoms with Crippen LogP contribution in [0.1, 0.15) is 11.4 Å². The van der Waals surface area contributed by atoms with E-state index in [0.717, 1.165) is 33.1 Å². The zero-order chi connectivity index (χ0) is 22.1. The van der Waals surface area contributed by atoms with Crippen molar-refractivity contribution in [3.8, 4) is 11.8 Å². The molecule has 0 saturated carbocycles. The maximum Gasteiger partial charge on any atom is 0.175 e. The van der Waals surface area contributed by atoms with E-state index in [1.165, 1.54) is 6.26 Å². The van der Waals surface area contributed by atoms with E-state index in [-0.39, 0.29) is 4.90 Å². The van der Waals surface area contributed by atoms with E-state index in [4.69, 9.17) is 0 Å². The molecule has 0 unspecified atom stereocenters. The molecule has 0 radical (unpaired) electrons. The first-order valence-electron chi connectivity index (χ1n) is 9.74. The first kappa shape index (κ1) is 19.7. The summed E-state index contributed by atoms with van der Waals surface area (Å²) in [6.45, 7) is 0.